The molecule has 2 fully saturated rings. The van der Waals surface area contributed by atoms with E-state index in [-0.39, 0.29) is 12.0 Å². The lowest BCUT2D eigenvalue weighted by molar-refractivity contribution is 0.279. The minimum Gasteiger partial charge on any atom is -0.339 e. The van der Waals surface area contributed by atoms with Gasteiger partial charge in [-0.15, -0.1) is 0 Å². The van der Waals surface area contributed by atoms with Gasteiger partial charge in [-0.2, -0.15) is 4.98 Å². The quantitative estimate of drug-likeness (QED) is 0.917. The van der Waals surface area contributed by atoms with E-state index in [0.29, 0.717) is 17.7 Å². The molecule has 4 rings (SSSR count). The van der Waals surface area contributed by atoms with Crippen LogP contribution in [0.2, 0.25) is 0 Å². The Morgan fingerprint density at radius 1 is 1.10 bits per heavy atom. The lowest BCUT2D eigenvalue weighted by Gasteiger charge is -2.24. The SMILES string of the molecule is Cc1cc(-c2noc(C3C4CCC(C4)C3N)n2)cc(C)n1. The van der Waals surface area contributed by atoms with Gasteiger partial charge in [-0.25, -0.2) is 0 Å². The van der Waals surface area contributed by atoms with Crippen molar-refractivity contribution in [2.24, 2.45) is 17.6 Å². The molecule has 2 aliphatic carbocycles. The molecule has 2 saturated carbocycles. The number of rotatable bonds is 2. The van der Waals surface area contributed by atoms with Gasteiger partial charge >= 0.3 is 0 Å². The molecule has 5 heteroatoms. The molecule has 110 valence electrons. The Labute approximate surface area is 124 Å². The second kappa shape index (κ2) is 4.63. The van der Waals surface area contributed by atoms with Crippen LogP contribution >= 0.6 is 0 Å². The summed E-state index contributed by atoms with van der Waals surface area (Å²) in [5.41, 5.74) is 9.25. The molecular weight excluding hydrogens is 264 g/mol. The molecule has 2 aromatic rings. The maximum absolute atomic E-state index is 6.35. The maximum Gasteiger partial charge on any atom is 0.231 e. The first-order valence-corrected chi connectivity index (χ1v) is 7.66. The molecule has 2 aromatic heterocycles. The Morgan fingerprint density at radius 3 is 2.48 bits per heavy atom. The molecule has 2 bridgehead atoms. The molecule has 0 aromatic carbocycles. The predicted molar refractivity (Wildman–Crippen MR) is 78.6 cm³/mol. The molecule has 0 amide bonds. The van der Waals surface area contributed by atoms with Crippen LogP contribution < -0.4 is 5.73 Å². The van der Waals surface area contributed by atoms with E-state index < -0.39 is 0 Å². The van der Waals surface area contributed by atoms with Crippen LogP contribution in [0.4, 0.5) is 0 Å². The fourth-order valence-electron chi connectivity index (χ4n) is 4.15. The largest absolute Gasteiger partial charge is 0.339 e. The van der Waals surface area contributed by atoms with Crippen LogP contribution in [0.1, 0.15) is 42.5 Å². The highest BCUT2D eigenvalue weighted by Gasteiger charge is 2.48. The summed E-state index contributed by atoms with van der Waals surface area (Å²) in [4.78, 5) is 9.01. The monoisotopic (exact) mass is 284 g/mol. The molecular formula is C16H20N4O. The standard InChI is InChI=1S/C16H20N4O/c1-8-5-12(6-9(2)18-8)15-19-16(21-20-15)13-10-3-4-11(7-10)14(13)17/h5-6,10-11,13-14H,3-4,7,17H2,1-2H3. The minimum atomic E-state index is 0.179. The molecule has 2 N–H and O–H groups in total. The Hall–Kier alpha value is -1.75. The van der Waals surface area contributed by atoms with E-state index in [4.69, 9.17) is 10.3 Å². The summed E-state index contributed by atoms with van der Waals surface area (Å²) in [7, 11) is 0. The van der Waals surface area contributed by atoms with Gasteiger partial charge in [0.1, 0.15) is 0 Å². The predicted octanol–water partition coefficient (Wildman–Crippen LogP) is 2.59. The molecule has 2 aliphatic rings. The summed E-state index contributed by atoms with van der Waals surface area (Å²) in [5.74, 6) is 2.87. The van der Waals surface area contributed by atoms with E-state index in [2.05, 4.69) is 15.1 Å². The smallest absolute Gasteiger partial charge is 0.231 e. The van der Waals surface area contributed by atoms with Gasteiger partial charge in [0.25, 0.3) is 0 Å². The fourth-order valence-corrected chi connectivity index (χ4v) is 4.15. The van der Waals surface area contributed by atoms with Crippen LogP contribution in [0.5, 0.6) is 0 Å². The summed E-state index contributed by atoms with van der Waals surface area (Å²) < 4.78 is 5.54. The van der Waals surface area contributed by atoms with Crippen LogP contribution in [-0.4, -0.2) is 21.2 Å². The van der Waals surface area contributed by atoms with Gasteiger partial charge in [0.2, 0.25) is 11.7 Å². The number of nitrogens with zero attached hydrogens (tertiary/aromatic N) is 3. The number of nitrogens with two attached hydrogens (primary N) is 1. The molecule has 21 heavy (non-hydrogen) atoms. The van der Waals surface area contributed by atoms with Crippen molar-refractivity contribution in [3.63, 3.8) is 0 Å². The highest BCUT2D eigenvalue weighted by Crippen LogP contribution is 2.51. The lowest BCUT2D eigenvalue weighted by Crippen LogP contribution is -2.34. The minimum absolute atomic E-state index is 0.179. The topological polar surface area (TPSA) is 77.8 Å². The Morgan fingerprint density at radius 2 is 1.81 bits per heavy atom. The van der Waals surface area contributed by atoms with E-state index >= 15 is 0 Å². The average molecular weight is 284 g/mol. The van der Waals surface area contributed by atoms with Crippen molar-refractivity contribution in [2.75, 3.05) is 0 Å². The van der Waals surface area contributed by atoms with Gasteiger partial charge < -0.3 is 10.3 Å². The van der Waals surface area contributed by atoms with E-state index in [1.807, 2.05) is 26.0 Å². The number of aromatic nitrogens is 3. The third-order valence-corrected chi connectivity index (χ3v) is 5.05. The molecule has 0 spiro atoms. The zero-order chi connectivity index (χ0) is 14.6. The average Bonchev–Trinajstić information content (AvgIpc) is 3.11. The van der Waals surface area contributed by atoms with Crippen LogP contribution in [0, 0.1) is 25.7 Å². The van der Waals surface area contributed by atoms with E-state index in [9.17, 15) is 0 Å². The van der Waals surface area contributed by atoms with Crippen LogP contribution in [0.15, 0.2) is 16.7 Å². The molecule has 0 radical (unpaired) electrons. The Kier molecular flexibility index (Phi) is 2.85. The fraction of sp³-hybridized carbons (Fsp3) is 0.562. The second-order valence-electron chi connectivity index (χ2n) is 6.53. The third-order valence-electron chi connectivity index (χ3n) is 5.05. The Bertz CT molecular complexity index is 658. The van der Waals surface area contributed by atoms with Crippen LogP contribution in [0.25, 0.3) is 11.4 Å². The van der Waals surface area contributed by atoms with E-state index in [1.165, 1.54) is 19.3 Å². The molecule has 5 nitrogen and oxygen atoms in total. The first kappa shape index (κ1) is 13.0. The van der Waals surface area contributed by atoms with Crippen molar-refractivity contribution in [1.29, 1.82) is 0 Å². The van der Waals surface area contributed by atoms with E-state index in [1.54, 1.807) is 0 Å². The first-order chi connectivity index (χ1) is 10.1. The van der Waals surface area contributed by atoms with Crippen molar-refractivity contribution < 1.29 is 4.52 Å². The normalized spacial score (nSPS) is 31.0. The van der Waals surface area contributed by atoms with Crippen LogP contribution in [0.3, 0.4) is 0 Å². The zero-order valence-corrected chi connectivity index (χ0v) is 12.4. The van der Waals surface area contributed by atoms with Gasteiger partial charge in [-0.05, 0) is 57.1 Å². The number of pyridine rings is 1. The van der Waals surface area contributed by atoms with Gasteiger partial charge in [0.15, 0.2) is 0 Å². The van der Waals surface area contributed by atoms with Crippen molar-refractivity contribution in [3.8, 4) is 11.4 Å². The number of aryl methyl sites for hydroxylation is 2. The maximum atomic E-state index is 6.35. The van der Waals surface area contributed by atoms with Crippen molar-refractivity contribution in [1.82, 2.24) is 15.1 Å². The zero-order valence-electron chi connectivity index (χ0n) is 12.4. The molecule has 4 unspecified atom stereocenters. The third kappa shape index (κ3) is 2.07. The van der Waals surface area contributed by atoms with E-state index in [0.717, 1.165) is 22.8 Å². The Balaban J connectivity index is 1.67. The summed E-state index contributed by atoms with van der Waals surface area (Å²) >= 11 is 0. The van der Waals surface area contributed by atoms with Gasteiger partial charge in [-0.1, -0.05) is 5.16 Å². The van der Waals surface area contributed by atoms with Crippen LogP contribution in [-0.2, 0) is 0 Å². The molecule has 0 saturated heterocycles. The molecule has 2 heterocycles. The van der Waals surface area contributed by atoms with Crippen molar-refractivity contribution in [3.05, 3.63) is 29.4 Å². The van der Waals surface area contributed by atoms with Crippen molar-refractivity contribution in [2.45, 2.75) is 45.1 Å². The van der Waals surface area contributed by atoms with Crippen molar-refractivity contribution >= 4 is 0 Å². The highest BCUT2D eigenvalue weighted by molar-refractivity contribution is 5.55. The van der Waals surface area contributed by atoms with Gasteiger partial charge in [0.05, 0.1) is 5.92 Å². The van der Waals surface area contributed by atoms with Gasteiger partial charge in [0, 0.05) is 23.0 Å². The summed E-state index contributed by atoms with van der Waals surface area (Å²) in [6.45, 7) is 3.95. The second-order valence-corrected chi connectivity index (χ2v) is 6.53. The lowest BCUT2D eigenvalue weighted by atomic mass is 9.85. The number of fused-ring (bicyclic) bond motifs is 2. The summed E-state index contributed by atoms with van der Waals surface area (Å²) in [5, 5.41) is 4.16. The highest BCUT2D eigenvalue weighted by atomic mass is 16.5. The first-order valence-electron chi connectivity index (χ1n) is 7.66. The number of hydrogen-bond acceptors (Lipinski definition) is 5. The van der Waals surface area contributed by atoms with Gasteiger partial charge in [-0.3, -0.25) is 4.98 Å². The summed E-state index contributed by atoms with van der Waals surface area (Å²) in [6.07, 6.45) is 3.72. The number of hydrogen-bond donors (Lipinski definition) is 1. The molecule has 0 aliphatic heterocycles. The molecule has 4 atom stereocenters. The summed E-state index contributed by atoms with van der Waals surface area (Å²) in [6, 6.07) is 4.16.